The number of ketones is 1. The second-order valence-corrected chi connectivity index (χ2v) is 9.12. The van der Waals surface area contributed by atoms with Crippen LogP contribution < -0.4 is 0 Å². The summed E-state index contributed by atoms with van der Waals surface area (Å²) in [7, 11) is 0. The number of carbonyl (C=O) groups is 2. The molecule has 0 saturated heterocycles. The van der Waals surface area contributed by atoms with Crippen LogP contribution in [0.5, 0.6) is 0 Å². The highest BCUT2D eigenvalue weighted by Gasteiger charge is 2.46. The minimum absolute atomic E-state index is 0.0922. The van der Waals surface area contributed by atoms with Gasteiger partial charge in [-0.05, 0) is 44.2 Å². The first-order valence-corrected chi connectivity index (χ1v) is 10.2. The first-order valence-electron chi connectivity index (χ1n) is 9.34. The smallest absolute Gasteiger partial charge is 0.315 e. The molecule has 2 heterocycles. The van der Waals surface area contributed by atoms with Crippen LogP contribution in [0.25, 0.3) is 0 Å². The molecule has 1 aliphatic heterocycles. The first kappa shape index (κ1) is 19.0. The lowest BCUT2D eigenvalue weighted by Gasteiger charge is -2.38. The normalized spacial score (nSPS) is 25.0. The average Bonchev–Trinajstić information content (AvgIpc) is 3.01. The van der Waals surface area contributed by atoms with Crippen molar-refractivity contribution in [3.63, 3.8) is 0 Å². The number of hydrogen-bond donors (Lipinski definition) is 0. The molecule has 4 nitrogen and oxygen atoms in total. The van der Waals surface area contributed by atoms with Crippen LogP contribution in [0.2, 0.25) is 0 Å². The fourth-order valence-electron chi connectivity index (χ4n) is 4.04. The summed E-state index contributed by atoms with van der Waals surface area (Å²) in [5.74, 6) is -0.940. The lowest BCUT2D eigenvalue weighted by Crippen LogP contribution is -2.39. The Morgan fingerprint density at radius 3 is 2.65 bits per heavy atom. The van der Waals surface area contributed by atoms with Crippen molar-refractivity contribution >= 4 is 28.8 Å². The number of ether oxygens (including phenoxy) is 1. The molecule has 1 aliphatic carbocycles. The maximum Gasteiger partial charge on any atom is 0.315 e. The molecular weight excluding hydrogens is 346 g/mol. The average molecular weight is 374 g/mol. The van der Waals surface area contributed by atoms with E-state index in [9.17, 15) is 9.59 Å². The zero-order valence-corrected chi connectivity index (χ0v) is 17.0. The number of hydrogen-bond acceptors (Lipinski definition) is 5. The SMILES string of the molecule is CCOC(=O)C1C(C)=NC2=C(C(=O)CC(C)(C)C2)C1c1ccc(CC)s1. The van der Waals surface area contributed by atoms with Crippen LogP contribution in [0, 0.1) is 11.3 Å². The summed E-state index contributed by atoms with van der Waals surface area (Å²) >= 11 is 1.69. The summed E-state index contributed by atoms with van der Waals surface area (Å²) in [6.07, 6.45) is 2.21. The fourth-order valence-corrected chi connectivity index (χ4v) is 5.14. The van der Waals surface area contributed by atoms with Gasteiger partial charge in [-0.25, -0.2) is 0 Å². The summed E-state index contributed by atoms with van der Waals surface area (Å²) < 4.78 is 5.34. The summed E-state index contributed by atoms with van der Waals surface area (Å²) in [5.41, 5.74) is 2.26. The van der Waals surface area contributed by atoms with Crippen molar-refractivity contribution < 1.29 is 14.3 Å². The van der Waals surface area contributed by atoms with Gasteiger partial charge in [0.05, 0.1) is 6.61 Å². The van der Waals surface area contributed by atoms with E-state index >= 15 is 0 Å². The third-order valence-electron chi connectivity index (χ3n) is 5.18. The van der Waals surface area contributed by atoms with Crippen LogP contribution in [0.1, 0.15) is 63.1 Å². The number of aryl methyl sites for hydroxylation is 1. The number of allylic oxidation sites excluding steroid dienone is 2. The van der Waals surface area contributed by atoms with Gasteiger partial charge in [0.1, 0.15) is 5.92 Å². The Balaban J connectivity index is 2.14. The Hall–Kier alpha value is -1.75. The molecule has 0 fully saturated rings. The van der Waals surface area contributed by atoms with E-state index in [1.165, 1.54) is 4.88 Å². The number of aliphatic imine (C=N–C) groups is 1. The third kappa shape index (κ3) is 3.41. The second-order valence-electron chi connectivity index (χ2n) is 7.92. The Kier molecular flexibility index (Phi) is 5.20. The van der Waals surface area contributed by atoms with Crippen molar-refractivity contribution in [2.45, 2.75) is 59.8 Å². The monoisotopic (exact) mass is 373 g/mol. The van der Waals surface area contributed by atoms with E-state index in [0.717, 1.165) is 34.7 Å². The van der Waals surface area contributed by atoms with E-state index in [1.54, 1.807) is 11.3 Å². The van der Waals surface area contributed by atoms with Crippen LogP contribution >= 0.6 is 11.3 Å². The van der Waals surface area contributed by atoms with Gasteiger partial charge in [-0.3, -0.25) is 14.6 Å². The van der Waals surface area contributed by atoms with Gasteiger partial charge in [-0.1, -0.05) is 20.8 Å². The van der Waals surface area contributed by atoms with E-state index in [2.05, 4.69) is 32.9 Å². The van der Waals surface area contributed by atoms with Crippen molar-refractivity contribution in [2.75, 3.05) is 6.61 Å². The Morgan fingerprint density at radius 2 is 2.04 bits per heavy atom. The highest BCUT2D eigenvalue weighted by Crippen LogP contribution is 2.49. The highest BCUT2D eigenvalue weighted by molar-refractivity contribution is 7.12. The van der Waals surface area contributed by atoms with Crippen molar-refractivity contribution in [1.82, 2.24) is 0 Å². The third-order valence-corrected chi connectivity index (χ3v) is 6.49. The number of thiophene rings is 1. The van der Waals surface area contributed by atoms with Gasteiger partial charge >= 0.3 is 5.97 Å². The molecule has 2 unspecified atom stereocenters. The fraction of sp³-hybridized carbons (Fsp3) is 0.571. The summed E-state index contributed by atoms with van der Waals surface area (Å²) in [6.45, 7) is 10.3. The molecule has 0 bridgehead atoms. The second kappa shape index (κ2) is 7.10. The summed E-state index contributed by atoms with van der Waals surface area (Å²) in [4.78, 5) is 32.8. The Morgan fingerprint density at radius 1 is 1.31 bits per heavy atom. The van der Waals surface area contributed by atoms with Gasteiger partial charge in [0, 0.05) is 39.1 Å². The van der Waals surface area contributed by atoms with Gasteiger partial charge in [-0.2, -0.15) is 0 Å². The molecule has 5 heteroatoms. The minimum Gasteiger partial charge on any atom is -0.465 e. The molecular formula is C21H27NO3S. The van der Waals surface area contributed by atoms with Crippen LogP contribution in [0.4, 0.5) is 0 Å². The van der Waals surface area contributed by atoms with Gasteiger partial charge < -0.3 is 4.74 Å². The molecule has 0 amide bonds. The van der Waals surface area contributed by atoms with Crippen LogP contribution in [0.3, 0.4) is 0 Å². The standard InChI is InChI=1S/C21H27NO3S/c1-6-13-8-9-16(26-13)19-17(20(24)25-7-2)12(3)22-14-10-21(4,5)11-15(23)18(14)19/h8-9,17,19H,6-7,10-11H2,1-5H3. The maximum absolute atomic E-state index is 13.1. The first-order chi connectivity index (χ1) is 12.3. The van der Waals surface area contributed by atoms with Crippen molar-refractivity contribution in [3.05, 3.63) is 33.2 Å². The van der Waals surface area contributed by atoms with Gasteiger partial charge in [0.15, 0.2) is 5.78 Å². The van der Waals surface area contributed by atoms with E-state index in [-0.39, 0.29) is 23.1 Å². The Labute approximate surface area is 159 Å². The predicted molar refractivity (Wildman–Crippen MR) is 105 cm³/mol. The van der Waals surface area contributed by atoms with Gasteiger partial charge in [0.25, 0.3) is 0 Å². The van der Waals surface area contributed by atoms with E-state index in [0.29, 0.717) is 13.0 Å². The Bertz CT molecular complexity index is 800. The van der Waals surface area contributed by atoms with Gasteiger partial charge in [-0.15, -0.1) is 11.3 Å². The van der Waals surface area contributed by atoms with Crippen molar-refractivity contribution in [3.8, 4) is 0 Å². The number of rotatable bonds is 4. The van der Waals surface area contributed by atoms with E-state index in [1.807, 2.05) is 13.8 Å². The topological polar surface area (TPSA) is 55.7 Å². The van der Waals surface area contributed by atoms with Crippen LogP contribution in [-0.4, -0.2) is 24.1 Å². The molecule has 1 aromatic heterocycles. The summed E-state index contributed by atoms with van der Waals surface area (Å²) in [5, 5.41) is 0. The lowest BCUT2D eigenvalue weighted by molar-refractivity contribution is -0.146. The van der Waals surface area contributed by atoms with Crippen LogP contribution in [-0.2, 0) is 20.7 Å². The molecule has 1 aromatic rings. The van der Waals surface area contributed by atoms with Gasteiger partial charge in [0.2, 0.25) is 0 Å². The summed E-state index contributed by atoms with van der Waals surface area (Å²) in [6, 6.07) is 4.16. The molecule has 0 radical (unpaired) electrons. The molecule has 140 valence electrons. The lowest BCUT2D eigenvalue weighted by atomic mass is 9.68. The molecule has 3 rings (SSSR count). The van der Waals surface area contributed by atoms with E-state index in [4.69, 9.17) is 9.73 Å². The van der Waals surface area contributed by atoms with Crippen LogP contribution in [0.15, 0.2) is 28.4 Å². The molecule has 0 saturated carbocycles. The maximum atomic E-state index is 13.1. The quantitative estimate of drug-likeness (QED) is 0.719. The predicted octanol–water partition coefficient (Wildman–Crippen LogP) is 4.69. The number of carbonyl (C=O) groups excluding carboxylic acids is 2. The zero-order chi connectivity index (χ0) is 19.1. The number of nitrogens with zero attached hydrogens (tertiary/aromatic N) is 1. The van der Waals surface area contributed by atoms with Crippen molar-refractivity contribution in [2.24, 2.45) is 16.3 Å². The largest absolute Gasteiger partial charge is 0.465 e. The molecule has 2 aliphatic rings. The minimum atomic E-state index is -0.512. The molecule has 0 N–H and O–H groups in total. The zero-order valence-electron chi connectivity index (χ0n) is 16.2. The molecule has 0 aromatic carbocycles. The number of Topliss-reactive ketones (excluding diaryl/α,β-unsaturated/α-hetero) is 1. The van der Waals surface area contributed by atoms with E-state index < -0.39 is 5.92 Å². The van der Waals surface area contributed by atoms with Crippen molar-refractivity contribution in [1.29, 1.82) is 0 Å². The molecule has 2 atom stereocenters. The highest BCUT2D eigenvalue weighted by atomic mass is 32.1. The number of esters is 1. The molecule has 0 spiro atoms. The molecule has 26 heavy (non-hydrogen) atoms.